The maximum atomic E-state index is 14.2. The molecule has 0 radical (unpaired) electrons. The SMILES string of the molecule is CC(NC(=O)c1c(F)c(F)c(N)c(F)c1F)C(=O)N1CCCC1C(=O)NC1CC(=O)OC1CCc1ccccc1. The average molecular weight is 565 g/mol. The standard InChI is InChI=1S/C27H28F4N4O5/c1-13(33-26(38)19-20(28)22(30)24(32)23(31)21(19)29)27(39)35-11-5-8-16(35)25(37)34-15-12-18(36)40-17(15)10-9-14-6-3-2-4-7-14/h2-4,6-7,13,15-17H,5,8-12,32H2,1H3,(H,33,38)(H,34,37). The highest BCUT2D eigenvalue weighted by molar-refractivity contribution is 5.99. The van der Waals surface area contributed by atoms with E-state index in [9.17, 15) is 36.7 Å². The summed E-state index contributed by atoms with van der Waals surface area (Å²) in [5.41, 5.74) is 3.02. The second-order valence-corrected chi connectivity index (χ2v) is 9.80. The molecule has 2 aliphatic heterocycles. The zero-order valence-electron chi connectivity index (χ0n) is 21.5. The second kappa shape index (κ2) is 11.9. The number of rotatable bonds is 8. The Morgan fingerprint density at radius 3 is 2.38 bits per heavy atom. The first-order chi connectivity index (χ1) is 19.0. The number of cyclic esters (lactones) is 1. The summed E-state index contributed by atoms with van der Waals surface area (Å²) in [6, 6.07) is 6.62. The maximum absolute atomic E-state index is 14.2. The van der Waals surface area contributed by atoms with Crippen molar-refractivity contribution in [3.8, 4) is 0 Å². The first kappa shape index (κ1) is 28.8. The molecule has 2 aromatic carbocycles. The monoisotopic (exact) mass is 564 g/mol. The molecule has 4 unspecified atom stereocenters. The number of ether oxygens (including phenoxy) is 1. The van der Waals surface area contributed by atoms with Crippen LogP contribution in [0.5, 0.6) is 0 Å². The molecule has 9 nitrogen and oxygen atoms in total. The van der Waals surface area contributed by atoms with Gasteiger partial charge in [0.15, 0.2) is 23.3 Å². The molecule has 2 aromatic rings. The van der Waals surface area contributed by atoms with Gasteiger partial charge in [-0.3, -0.25) is 19.2 Å². The highest BCUT2D eigenvalue weighted by Gasteiger charge is 2.41. The molecule has 2 saturated heterocycles. The van der Waals surface area contributed by atoms with Crippen LogP contribution in [-0.2, 0) is 25.5 Å². The third-order valence-electron chi connectivity index (χ3n) is 7.09. The van der Waals surface area contributed by atoms with E-state index < -0.39 is 82.4 Å². The maximum Gasteiger partial charge on any atom is 0.308 e. The van der Waals surface area contributed by atoms with Crippen LogP contribution in [0.2, 0.25) is 0 Å². The van der Waals surface area contributed by atoms with Gasteiger partial charge < -0.3 is 26.0 Å². The van der Waals surface area contributed by atoms with Crippen LogP contribution in [0.3, 0.4) is 0 Å². The smallest absolute Gasteiger partial charge is 0.308 e. The molecule has 2 heterocycles. The van der Waals surface area contributed by atoms with Crippen LogP contribution in [0.1, 0.15) is 48.5 Å². The van der Waals surface area contributed by atoms with E-state index in [-0.39, 0.29) is 13.0 Å². The van der Waals surface area contributed by atoms with Crippen LogP contribution in [0.25, 0.3) is 0 Å². The number of nitrogens with zero attached hydrogens (tertiary/aromatic N) is 1. The van der Waals surface area contributed by atoms with Crippen molar-refractivity contribution in [3.05, 3.63) is 64.7 Å². The Morgan fingerprint density at radius 1 is 1.07 bits per heavy atom. The Kier molecular flexibility index (Phi) is 8.60. The molecular formula is C27H28F4N4O5. The van der Waals surface area contributed by atoms with E-state index in [1.165, 1.54) is 11.8 Å². The first-order valence-corrected chi connectivity index (χ1v) is 12.8. The van der Waals surface area contributed by atoms with Gasteiger partial charge in [-0.25, -0.2) is 17.6 Å². The zero-order valence-corrected chi connectivity index (χ0v) is 21.5. The molecule has 0 aromatic heterocycles. The van der Waals surface area contributed by atoms with Crippen LogP contribution in [0, 0.1) is 23.3 Å². The van der Waals surface area contributed by atoms with Crippen molar-refractivity contribution in [1.82, 2.24) is 15.5 Å². The normalized spacial score (nSPS) is 21.2. The van der Waals surface area contributed by atoms with Crippen molar-refractivity contribution >= 4 is 29.4 Å². The summed E-state index contributed by atoms with van der Waals surface area (Å²) in [4.78, 5) is 51.9. The molecule has 4 N–H and O–H groups in total. The number of likely N-dealkylation sites (tertiary alicyclic amines) is 1. The lowest BCUT2D eigenvalue weighted by Crippen LogP contribution is -2.54. The number of carbonyl (C=O) groups excluding carboxylic acids is 4. The number of halogens is 4. The molecule has 4 atom stereocenters. The van der Waals surface area contributed by atoms with Gasteiger partial charge in [-0.15, -0.1) is 0 Å². The second-order valence-electron chi connectivity index (χ2n) is 9.80. The molecule has 4 rings (SSSR count). The fraction of sp³-hybridized carbons (Fsp3) is 0.407. The Hall–Kier alpha value is -4.16. The summed E-state index contributed by atoms with van der Waals surface area (Å²) in [5.74, 6) is -11.2. The van der Waals surface area contributed by atoms with Gasteiger partial charge in [-0.05, 0) is 38.2 Å². The topological polar surface area (TPSA) is 131 Å². The Labute approximate surface area is 227 Å². The van der Waals surface area contributed by atoms with Gasteiger partial charge in [0.05, 0.1) is 12.5 Å². The van der Waals surface area contributed by atoms with E-state index in [4.69, 9.17) is 10.5 Å². The van der Waals surface area contributed by atoms with E-state index in [1.807, 2.05) is 35.6 Å². The summed E-state index contributed by atoms with van der Waals surface area (Å²) in [7, 11) is 0. The number of aryl methyl sites for hydroxylation is 1. The molecule has 2 aliphatic rings. The molecule has 0 aliphatic carbocycles. The van der Waals surface area contributed by atoms with Crippen molar-refractivity contribution in [2.24, 2.45) is 0 Å². The van der Waals surface area contributed by atoms with Gasteiger partial charge in [0.2, 0.25) is 11.8 Å². The van der Waals surface area contributed by atoms with Crippen molar-refractivity contribution in [3.63, 3.8) is 0 Å². The number of carbonyl (C=O) groups is 4. The number of amides is 3. The highest BCUT2D eigenvalue weighted by Crippen LogP contribution is 2.27. The predicted molar refractivity (Wildman–Crippen MR) is 134 cm³/mol. The third kappa shape index (κ3) is 5.87. The van der Waals surface area contributed by atoms with Gasteiger partial charge in [-0.1, -0.05) is 30.3 Å². The quantitative estimate of drug-likeness (QED) is 0.195. The molecule has 3 amide bonds. The summed E-state index contributed by atoms with van der Waals surface area (Å²) < 4.78 is 61.3. The Bertz CT molecular complexity index is 1300. The lowest BCUT2D eigenvalue weighted by molar-refractivity contribution is -0.142. The number of nitrogens with two attached hydrogens (primary N) is 1. The molecular weight excluding hydrogens is 536 g/mol. The average Bonchev–Trinajstić information content (AvgIpc) is 3.56. The van der Waals surface area contributed by atoms with Crippen LogP contribution < -0.4 is 16.4 Å². The van der Waals surface area contributed by atoms with Crippen LogP contribution in [0.4, 0.5) is 23.2 Å². The van der Waals surface area contributed by atoms with Crippen molar-refractivity contribution in [1.29, 1.82) is 0 Å². The molecule has 0 saturated carbocycles. The minimum absolute atomic E-state index is 0.0237. The van der Waals surface area contributed by atoms with E-state index >= 15 is 0 Å². The van der Waals surface area contributed by atoms with Crippen LogP contribution in [0.15, 0.2) is 30.3 Å². The number of esters is 1. The summed E-state index contributed by atoms with van der Waals surface area (Å²) in [6.45, 7) is 1.36. The lowest BCUT2D eigenvalue weighted by atomic mass is 10.0. The van der Waals surface area contributed by atoms with Gasteiger partial charge in [0, 0.05) is 6.54 Å². The molecule has 214 valence electrons. The summed E-state index contributed by atoms with van der Waals surface area (Å²) in [6.07, 6.45) is 1.29. The third-order valence-corrected chi connectivity index (χ3v) is 7.09. The molecule has 2 fully saturated rings. The Balaban J connectivity index is 1.39. The number of nitrogens with one attached hydrogen (secondary N) is 2. The lowest BCUT2D eigenvalue weighted by Gasteiger charge is -2.28. The fourth-order valence-corrected chi connectivity index (χ4v) is 4.98. The molecule has 0 spiro atoms. The zero-order chi connectivity index (χ0) is 29.1. The highest BCUT2D eigenvalue weighted by atomic mass is 19.2. The van der Waals surface area contributed by atoms with Crippen LogP contribution in [-0.4, -0.2) is 59.4 Å². The van der Waals surface area contributed by atoms with Gasteiger partial charge in [0.1, 0.15) is 29.4 Å². The van der Waals surface area contributed by atoms with Gasteiger partial charge in [-0.2, -0.15) is 0 Å². The van der Waals surface area contributed by atoms with Gasteiger partial charge >= 0.3 is 5.97 Å². The van der Waals surface area contributed by atoms with Crippen molar-refractivity contribution in [2.45, 2.75) is 63.3 Å². The predicted octanol–water partition coefficient (Wildman–Crippen LogP) is 2.37. The number of hydrogen-bond acceptors (Lipinski definition) is 6. The number of hydrogen-bond donors (Lipinski definition) is 3. The fourth-order valence-electron chi connectivity index (χ4n) is 4.98. The molecule has 40 heavy (non-hydrogen) atoms. The summed E-state index contributed by atoms with van der Waals surface area (Å²) >= 11 is 0. The number of nitrogen functional groups attached to an aromatic ring is 1. The number of benzene rings is 2. The number of anilines is 1. The first-order valence-electron chi connectivity index (χ1n) is 12.8. The van der Waals surface area contributed by atoms with Gasteiger partial charge in [0.25, 0.3) is 5.91 Å². The molecule has 13 heteroatoms. The van der Waals surface area contributed by atoms with E-state index in [1.54, 1.807) is 0 Å². The largest absolute Gasteiger partial charge is 0.460 e. The van der Waals surface area contributed by atoms with Crippen molar-refractivity contribution < 1.29 is 41.5 Å². The molecule has 0 bridgehead atoms. The summed E-state index contributed by atoms with van der Waals surface area (Å²) in [5, 5.41) is 4.83. The minimum atomic E-state index is -2.00. The van der Waals surface area contributed by atoms with Crippen molar-refractivity contribution in [2.75, 3.05) is 12.3 Å². The van der Waals surface area contributed by atoms with E-state index in [2.05, 4.69) is 5.32 Å². The van der Waals surface area contributed by atoms with Crippen LogP contribution >= 0.6 is 0 Å². The van der Waals surface area contributed by atoms with E-state index in [0.29, 0.717) is 25.7 Å². The Morgan fingerprint density at radius 2 is 1.73 bits per heavy atom. The van der Waals surface area contributed by atoms with E-state index in [0.717, 1.165) is 5.56 Å². The minimum Gasteiger partial charge on any atom is -0.460 e.